The van der Waals surface area contributed by atoms with Crippen LogP contribution in [0.5, 0.6) is 0 Å². The lowest BCUT2D eigenvalue weighted by atomic mass is 9.88. The molecule has 1 aliphatic carbocycles. The smallest absolute Gasteiger partial charge is 0.351 e. The number of nitrogens with zero attached hydrogens (tertiary/aromatic N) is 2. The van der Waals surface area contributed by atoms with E-state index in [0.717, 1.165) is 16.7 Å². The average Bonchev–Trinajstić information content (AvgIpc) is 2.94. The van der Waals surface area contributed by atoms with Gasteiger partial charge in [-0.3, -0.25) is 14.3 Å². The molecule has 2 heterocycles. The molecular weight excluding hydrogens is 411 g/mol. The predicted octanol–water partition coefficient (Wildman–Crippen LogP) is 3.32. The number of H-pyrrole nitrogens is 1. The molecule has 0 aliphatic heterocycles. The number of amides is 1. The number of benzene rings is 1. The number of carbonyl (C=O) groups excluding carboxylic acids is 1. The maximum atomic E-state index is 13.0. The second kappa shape index (κ2) is 6.92. The number of rotatable bonds is 4. The number of imidazole rings is 1. The largest absolute Gasteiger partial charge is 0.416 e. The Kier molecular flexibility index (Phi) is 4.63. The maximum absolute atomic E-state index is 13.0. The van der Waals surface area contributed by atoms with Gasteiger partial charge in [-0.15, -0.1) is 0 Å². The molecular formula is C19H15F5N4O2. The van der Waals surface area contributed by atoms with Crippen molar-refractivity contribution in [2.24, 2.45) is 0 Å². The topological polar surface area (TPSA) is 79.8 Å². The van der Waals surface area contributed by atoms with Crippen molar-refractivity contribution >= 4 is 17.1 Å². The van der Waals surface area contributed by atoms with E-state index in [0.29, 0.717) is 5.56 Å². The Morgan fingerprint density at radius 2 is 1.97 bits per heavy atom. The molecule has 0 unspecified atom stereocenters. The minimum Gasteiger partial charge on any atom is -0.351 e. The molecule has 0 radical (unpaired) electrons. The third kappa shape index (κ3) is 3.91. The fourth-order valence-corrected chi connectivity index (χ4v) is 3.40. The Morgan fingerprint density at radius 1 is 1.23 bits per heavy atom. The predicted molar refractivity (Wildman–Crippen MR) is 96.9 cm³/mol. The van der Waals surface area contributed by atoms with E-state index in [1.165, 1.54) is 24.4 Å². The van der Waals surface area contributed by atoms with Crippen molar-refractivity contribution in [3.63, 3.8) is 0 Å². The van der Waals surface area contributed by atoms with Gasteiger partial charge >= 0.3 is 11.9 Å². The highest BCUT2D eigenvalue weighted by Gasteiger charge is 2.45. The first kappa shape index (κ1) is 20.0. The Morgan fingerprint density at radius 3 is 2.63 bits per heavy atom. The van der Waals surface area contributed by atoms with Crippen LogP contribution in [0, 0.1) is 0 Å². The van der Waals surface area contributed by atoms with Crippen LogP contribution < -0.4 is 11.0 Å². The molecule has 0 saturated heterocycles. The third-order valence-corrected chi connectivity index (χ3v) is 4.91. The molecule has 1 saturated carbocycles. The summed E-state index contributed by atoms with van der Waals surface area (Å²) in [6.07, 6.45) is -4.11. The number of nitrogens with one attached hydrogen (secondary N) is 2. The van der Waals surface area contributed by atoms with Gasteiger partial charge in [0.1, 0.15) is 6.54 Å². The number of carbonyl (C=O) groups is 1. The van der Waals surface area contributed by atoms with Crippen LogP contribution in [0.1, 0.15) is 18.4 Å². The number of hydrogen-bond donors (Lipinski definition) is 2. The number of halogens is 5. The van der Waals surface area contributed by atoms with Crippen molar-refractivity contribution in [3.05, 3.63) is 52.6 Å². The van der Waals surface area contributed by atoms with Gasteiger partial charge in [0.05, 0.1) is 11.1 Å². The van der Waals surface area contributed by atoms with E-state index >= 15 is 0 Å². The molecule has 1 amide bonds. The molecule has 6 nitrogen and oxygen atoms in total. The van der Waals surface area contributed by atoms with E-state index in [9.17, 15) is 31.5 Å². The van der Waals surface area contributed by atoms with Gasteiger partial charge < -0.3 is 5.32 Å². The number of aromatic amines is 1. The van der Waals surface area contributed by atoms with E-state index in [4.69, 9.17) is 0 Å². The van der Waals surface area contributed by atoms with Crippen LogP contribution >= 0.6 is 0 Å². The molecule has 30 heavy (non-hydrogen) atoms. The minimum atomic E-state index is -4.51. The number of fused-ring (bicyclic) bond motifs is 1. The Balaban J connectivity index is 1.62. The van der Waals surface area contributed by atoms with E-state index in [-0.39, 0.29) is 16.7 Å². The molecule has 1 fully saturated rings. The number of pyridine rings is 1. The first-order valence-electron chi connectivity index (χ1n) is 8.95. The molecule has 1 aromatic carbocycles. The fourth-order valence-electron chi connectivity index (χ4n) is 3.40. The molecule has 2 aromatic heterocycles. The maximum Gasteiger partial charge on any atom is 0.416 e. The molecule has 11 heteroatoms. The molecule has 0 bridgehead atoms. The van der Waals surface area contributed by atoms with Crippen molar-refractivity contribution in [2.75, 3.05) is 0 Å². The quantitative estimate of drug-likeness (QED) is 0.629. The second-order valence-electron chi connectivity index (χ2n) is 7.22. The fraction of sp³-hybridized carbons (Fsp3) is 0.316. The second-order valence-corrected chi connectivity index (χ2v) is 7.22. The van der Waals surface area contributed by atoms with Crippen LogP contribution in [0.15, 0.2) is 41.3 Å². The van der Waals surface area contributed by atoms with Gasteiger partial charge in [0.15, 0.2) is 5.65 Å². The van der Waals surface area contributed by atoms with Crippen molar-refractivity contribution in [3.8, 4) is 11.1 Å². The van der Waals surface area contributed by atoms with Gasteiger partial charge in [-0.1, -0.05) is 12.1 Å². The summed E-state index contributed by atoms with van der Waals surface area (Å²) in [6.45, 7) is -0.436. The SMILES string of the molecule is O=C(Cn1c(=O)[nH]c2ncc(-c3cccc(C(F)(F)F)c3)cc21)NC1CC(F)(F)C1. The van der Waals surface area contributed by atoms with Crippen molar-refractivity contribution in [1.82, 2.24) is 19.9 Å². The number of aromatic nitrogens is 3. The Hall–Kier alpha value is -3.24. The zero-order valence-corrected chi connectivity index (χ0v) is 15.3. The van der Waals surface area contributed by atoms with Crippen LogP contribution in [-0.2, 0) is 17.5 Å². The van der Waals surface area contributed by atoms with E-state index in [1.807, 2.05) is 0 Å². The monoisotopic (exact) mass is 426 g/mol. The lowest BCUT2D eigenvalue weighted by Gasteiger charge is -2.35. The molecule has 3 aromatic rings. The van der Waals surface area contributed by atoms with E-state index in [1.54, 1.807) is 0 Å². The summed E-state index contributed by atoms with van der Waals surface area (Å²) >= 11 is 0. The summed E-state index contributed by atoms with van der Waals surface area (Å²) in [5, 5.41) is 2.43. The summed E-state index contributed by atoms with van der Waals surface area (Å²) in [7, 11) is 0. The molecule has 0 atom stereocenters. The Bertz CT molecular complexity index is 1170. The van der Waals surface area contributed by atoms with Crippen LogP contribution in [0.25, 0.3) is 22.3 Å². The first-order chi connectivity index (χ1) is 14.0. The lowest BCUT2D eigenvalue weighted by molar-refractivity contribution is -0.137. The highest BCUT2D eigenvalue weighted by Crippen LogP contribution is 2.37. The minimum absolute atomic E-state index is 0.152. The molecule has 158 valence electrons. The van der Waals surface area contributed by atoms with Gasteiger partial charge in [-0.05, 0) is 23.8 Å². The van der Waals surface area contributed by atoms with Crippen LogP contribution in [0.2, 0.25) is 0 Å². The van der Waals surface area contributed by atoms with Crippen molar-refractivity contribution in [1.29, 1.82) is 0 Å². The summed E-state index contributed by atoms with van der Waals surface area (Å²) < 4.78 is 65.8. The first-order valence-corrected chi connectivity index (χ1v) is 8.95. The standard InChI is InChI=1S/C19H15F5N4O2/c20-18(21)6-13(7-18)26-15(29)9-28-14-5-11(8-25-16(14)27-17(28)30)10-2-1-3-12(4-10)19(22,23)24/h1-5,8,13H,6-7,9H2,(H,26,29)(H,25,27,30). The number of alkyl halides is 5. The van der Waals surface area contributed by atoms with E-state index < -0.39 is 54.7 Å². The van der Waals surface area contributed by atoms with Crippen LogP contribution in [-0.4, -0.2) is 32.4 Å². The van der Waals surface area contributed by atoms with Gasteiger partial charge in [0.25, 0.3) is 5.92 Å². The zero-order valence-electron chi connectivity index (χ0n) is 15.3. The molecule has 0 spiro atoms. The normalized spacial score (nSPS) is 16.4. The van der Waals surface area contributed by atoms with Crippen LogP contribution in [0.3, 0.4) is 0 Å². The van der Waals surface area contributed by atoms with Crippen LogP contribution in [0.4, 0.5) is 22.0 Å². The Labute approximate surface area is 165 Å². The highest BCUT2D eigenvalue weighted by atomic mass is 19.4. The van der Waals surface area contributed by atoms with Gasteiger partial charge in [0, 0.05) is 30.6 Å². The van der Waals surface area contributed by atoms with Gasteiger partial charge in [0.2, 0.25) is 5.91 Å². The van der Waals surface area contributed by atoms with Gasteiger partial charge in [-0.25, -0.2) is 18.6 Å². The number of hydrogen-bond acceptors (Lipinski definition) is 3. The lowest BCUT2D eigenvalue weighted by Crippen LogP contribution is -2.51. The molecule has 4 rings (SSSR count). The van der Waals surface area contributed by atoms with Crippen molar-refractivity contribution in [2.45, 2.75) is 37.5 Å². The summed E-state index contributed by atoms with van der Waals surface area (Å²) in [6, 6.07) is 5.41. The average molecular weight is 426 g/mol. The third-order valence-electron chi connectivity index (χ3n) is 4.91. The summed E-state index contributed by atoms with van der Waals surface area (Å²) in [5.41, 5.74) is -0.556. The molecule has 1 aliphatic rings. The van der Waals surface area contributed by atoms with Gasteiger partial charge in [-0.2, -0.15) is 13.2 Å². The van der Waals surface area contributed by atoms with Crippen molar-refractivity contribution < 1.29 is 26.7 Å². The molecule has 2 N–H and O–H groups in total. The van der Waals surface area contributed by atoms with E-state index in [2.05, 4.69) is 15.3 Å². The summed E-state index contributed by atoms with van der Waals surface area (Å²) in [5.74, 6) is -3.41. The zero-order chi connectivity index (χ0) is 21.7. The summed E-state index contributed by atoms with van der Waals surface area (Å²) in [4.78, 5) is 30.9. The highest BCUT2D eigenvalue weighted by molar-refractivity contribution is 5.82.